The molecule has 0 aromatic carbocycles. The first kappa shape index (κ1) is 11.4. The lowest BCUT2D eigenvalue weighted by atomic mass is 9.73. The summed E-state index contributed by atoms with van der Waals surface area (Å²) < 4.78 is 0. The number of aromatic nitrogens is 1. The quantitative estimate of drug-likeness (QED) is 0.820. The standard InChI is InChI=1S/C13H21N3/c1-11-4-2-3-7-13(11,10-14)16-12-5-8-15-9-6-12/h5-6,8-9,11H,2-4,7,10,14H2,1H3,(H,15,16). The highest BCUT2D eigenvalue weighted by atomic mass is 15.0. The molecule has 3 N–H and O–H groups in total. The predicted molar refractivity (Wildman–Crippen MR) is 67.3 cm³/mol. The van der Waals surface area contributed by atoms with E-state index in [-0.39, 0.29) is 5.54 Å². The van der Waals surface area contributed by atoms with Crippen LogP contribution in [-0.4, -0.2) is 17.1 Å². The van der Waals surface area contributed by atoms with Crippen molar-refractivity contribution in [2.24, 2.45) is 11.7 Å². The van der Waals surface area contributed by atoms with Crippen molar-refractivity contribution in [3.8, 4) is 0 Å². The zero-order valence-electron chi connectivity index (χ0n) is 9.95. The molecule has 1 aliphatic carbocycles. The fourth-order valence-electron chi connectivity index (χ4n) is 2.68. The van der Waals surface area contributed by atoms with Crippen LogP contribution >= 0.6 is 0 Å². The zero-order valence-corrected chi connectivity index (χ0v) is 9.95. The Labute approximate surface area is 97.5 Å². The molecule has 2 atom stereocenters. The third-order valence-electron chi connectivity index (χ3n) is 3.89. The van der Waals surface area contributed by atoms with Crippen LogP contribution in [-0.2, 0) is 0 Å². The van der Waals surface area contributed by atoms with E-state index in [1.807, 2.05) is 24.5 Å². The second kappa shape index (κ2) is 4.83. The molecule has 16 heavy (non-hydrogen) atoms. The van der Waals surface area contributed by atoms with Crippen LogP contribution in [0.4, 0.5) is 5.69 Å². The summed E-state index contributed by atoms with van der Waals surface area (Å²) in [4.78, 5) is 4.03. The zero-order chi connectivity index (χ0) is 11.4. The lowest BCUT2D eigenvalue weighted by Gasteiger charge is -2.43. The molecule has 1 fully saturated rings. The van der Waals surface area contributed by atoms with E-state index in [9.17, 15) is 0 Å². The van der Waals surface area contributed by atoms with Crippen molar-refractivity contribution in [2.75, 3.05) is 11.9 Å². The first-order valence-electron chi connectivity index (χ1n) is 6.15. The fourth-order valence-corrected chi connectivity index (χ4v) is 2.68. The van der Waals surface area contributed by atoms with Gasteiger partial charge < -0.3 is 11.1 Å². The second-order valence-corrected chi connectivity index (χ2v) is 4.87. The average molecular weight is 219 g/mol. The maximum Gasteiger partial charge on any atom is 0.0521 e. The monoisotopic (exact) mass is 219 g/mol. The van der Waals surface area contributed by atoms with Gasteiger partial charge >= 0.3 is 0 Å². The molecule has 3 nitrogen and oxygen atoms in total. The Morgan fingerprint density at radius 3 is 2.81 bits per heavy atom. The highest BCUT2D eigenvalue weighted by Gasteiger charge is 2.36. The van der Waals surface area contributed by atoms with Crippen molar-refractivity contribution in [1.29, 1.82) is 0 Å². The molecular formula is C13H21N3. The van der Waals surface area contributed by atoms with Crippen molar-refractivity contribution in [3.05, 3.63) is 24.5 Å². The summed E-state index contributed by atoms with van der Waals surface area (Å²) in [6.45, 7) is 3.01. The lowest BCUT2D eigenvalue weighted by Crippen LogP contribution is -2.52. The molecular weight excluding hydrogens is 198 g/mol. The van der Waals surface area contributed by atoms with Crippen LogP contribution in [0, 0.1) is 5.92 Å². The number of nitrogens with two attached hydrogens (primary N) is 1. The van der Waals surface area contributed by atoms with Gasteiger partial charge in [0.05, 0.1) is 5.54 Å². The van der Waals surface area contributed by atoms with Crippen molar-refractivity contribution in [2.45, 2.75) is 38.1 Å². The predicted octanol–water partition coefficient (Wildman–Crippen LogP) is 2.40. The van der Waals surface area contributed by atoms with E-state index in [1.165, 1.54) is 25.7 Å². The minimum atomic E-state index is 0.0829. The van der Waals surface area contributed by atoms with Gasteiger partial charge in [-0.3, -0.25) is 4.98 Å². The Morgan fingerprint density at radius 1 is 1.44 bits per heavy atom. The number of nitrogens with zero attached hydrogens (tertiary/aromatic N) is 1. The van der Waals surface area contributed by atoms with Gasteiger partial charge in [0.25, 0.3) is 0 Å². The van der Waals surface area contributed by atoms with E-state index < -0.39 is 0 Å². The van der Waals surface area contributed by atoms with E-state index in [1.54, 1.807) is 0 Å². The molecule has 1 aromatic rings. The normalized spacial score (nSPS) is 30.0. The first-order valence-corrected chi connectivity index (χ1v) is 6.15. The fraction of sp³-hybridized carbons (Fsp3) is 0.615. The molecule has 3 heteroatoms. The SMILES string of the molecule is CC1CCCCC1(CN)Nc1ccncc1. The summed E-state index contributed by atoms with van der Waals surface area (Å²) >= 11 is 0. The van der Waals surface area contributed by atoms with Crippen LogP contribution in [0.3, 0.4) is 0 Å². The van der Waals surface area contributed by atoms with E-state index in [0.717, 1.165) is 5.69 Å². The number of nitrogens with one attached hydrogen (secondary N) is 1. The number of pyridine rings is 1. The largest absolute Gasteiger partial charge is 0.378 e. The third kappa shape index (κ3) is 2.19. The molecule has 1 aromatic heterocycles. The van der Waals surface area contributed by atoms with Crippen molar-refractivity contribution in [3.63, 3.8) is 0 Å². The molecule has 88 valence electrons. The van der Waals surface area contributed by atoms with Gasteiger partial charge in [-0.05, 0) is 30.9 Å². The summed E-state index contributed by atoms with van der Waals surface area (Å²) in [6, 6.07) is 4.03. The molecule has 0 spiro atoms. The topological polar surface area (TPSA) is 50.9 Å². The highest BCUT2D eigenvalue weighted by Crippen LogP contribution is 2.35. The molecule has 0 amide bonds. The summed E-state index contributed by atoms with van der Waals surface area (Å²) in [7, 11) is 0. The number of hydrogen-bond acceptors (Lipinski definition) is 3. The van der Waals surface area contributed by atoms with Gasteiger partial charge in [-0.25, -0.2) is 0 Å². The van der Waals surface area contributed by atoms with Crippen molar-refractivity contribution in [1.82, 2.24) is 4.98 Å². The molecule has 2 rings (SSSR count). The maximum atomic E-state index is 6.00. The Balaban J connectivity index is 2.15. The molecule has 1 heterocycles. The number of anilines is 1. The van der Waals surface area contributed by atoms with Crippen LogP contribution in [0.15, 0.2) is 24.5 Å². The lowest BCUT2D eigenvalue weighted by molar-refractivity contribution is 0.235. The Bertz CT molecular complexity index is 325. The molecule has 0 saturated heterocycles. The molecule has 1 saturated carbocycles. The van der Waals surface area contributed by atoms with Gasteiger partial charge in [-0.1, -0.05) is 19.8 Å². The number of rotatable bonds is 3. The summed E-state index contributed by atoms with van der Waals surface area (Å²) in [5.41, 5.74) is 7.21. The van der Waals surface area contributed by atoms with Gasteiger partial charge in [-0.2, -0.15) is 0 Å². The maximum absolute atomic E-state index is 6.00. The van der Waals surface area contributed by atoms with Crippen molar-refractivity contribution >= 4 is 5.69 Å². The molecule has 0 aliphatic heterocycles. The molecule has 1 aliphatic rings. The smallest absolute Gasteiger partial charge is 0.0521 e. The van der Waals surface area contributed by atoms with Crippen LogP contribution in [0.5, 0.6) is 0 Å². The molecule has 2 unspecified atom stereocenters. The Kier molecular flexibility index (Phi) is 3.44. The Morgan fingerprint density at radius 2 is 2.19 bits per heavy atom. The second-order valence-electron chi connectivity index (χ2n) is 4.87. The van der Waals surface area contributed by atoms with Crippen LogP contribution in [0.1, 0.15) is 32.6 Å². The van der Waals surface area contributed by atoms with E-state index in [0.29, 0.717) is 12.5 Å². The van der Waals surface area contributed by atoms with Crippen LogP contribution < -0.4 is 11.1 Å². The van der Waals surface area contributed by atoms with Crippen molar-refractivity contribution < 1.29 is 0 Å². The van der Waals surface area contributed by atoms with Gasteiger partial charge in [-0.15, -0.1) is 0 Å². The van der Waals surface area contributed by atoms with Gasteiger partial charge in [0.15, 0.2) is 0 Å². The van der Waals surface area contributed by atoms with Crippen LogP contribution in [0.25, 0.3) is 0 Å². The van der Waals surface area contributed by atoms with Gasteiger partial charge in [0.2, 0.25) is 0 Å². The molecule has 0 radical (unpaired) electrons. The van der Waals surface area contributed by atoms with Crippen LogP contribution in [0.2, 0.25) is 0 Å². The number of hydrogen-bond donors (Lipinski definition) is 2. The van der Waals surface area contributed by atoms with E-state index in [4.69, 9.17) is 5.73 Å². The minimum absolute atomic E-state index is 0.0829. The minimum Gasteiger partial charge on any atom is -0.378 e. The molecule has 0 bridgehead atoms. The average Bonchev–Trinajstić information content (AvgIpc) is 2.34. The third-order valence-corrected chi connectivity index (χ3v) is 3.89. The van der Waals surface area contributed by atoms with Gasteiger partial charge in [0.1, 0.15) is 0 Å². The Hall–Kier alpha value is -1.09. The first-order chi connectivity index (χ1) is 7.77. The summed E-state index contributed by atoms with van der Waals surface area (Å²) in [5.74, 6) is 0.638. The van der Waals surface area contributed by atoms with Gasteiger partial charge in [0, 0.05) is 24.6 Å². The highest BCUT2D eigenvalue weighted by molar-refractivity contribution is 5.44. The summed E-state index contributed by atoms with van der Waals surface area (Å²) in [5, 5.41) is 3.63. The van der Waals surface area contributed by atoms with E-state index >= 15 is 0 Å². The van der Waals surface area contributed by atoms with E-state index in [2.05, 4.69) is 17.2 Å². The summed E-state index contributed by atoms with van der Waals surface area (Å²) in [6.07, 6.45) is 8.70.